The molecule has 30 heavy (non-hydrogen) atoms. The molecule has 1 heterocycles. The second-order valence-corrected chi connectivity index (χ2v) is 6.75. The number of carbonyl (C=O) groups is 1. The van der Waals surface area contributed by atoms with Crippen LogP contribution in [0.15, 0.2) is 71.9 Å². The summed E-state index contributed by atoms with van der Waals surface area (Å²) >= 11 is 0. The molecular formula is C22H23N3O5. The van der Waals surface area contributed by atoms with Gasteiger partial charge in [-0.2, -0.15) is 0 Å². The predicted molar refractivity (Wildman–Crippen MR) is 112 cm³/mol. The second-order valence-electron chi connectivity index (χ2n) is 6.75. The minimum Gasteiger partial charge on any atom is -0.508 e. The number of benzene rings is 2. The van der Waals surface area contributed by atoms with Crippen LogP contribution in [-0.2, 0) is 9.53 Å². The van der Waals surface area contributed by atoms with Gasteiger partial charge < -0.3 is 15.2 Å². The largest absolute Gasteiger partial charge is 0.508 e. The molecule has 1 aliphatic rings. The zero-order valence-corrected chi connectivity index (χ0v) is 16.7. The summed E-state index contributed by atoms with van der Waals surface area (Å²) in [7, 11) is 0. The van der Waals surface area contributed by atoms with Gasteiger partial charge in [0.05, 0.1) is 23.1 Å². The van der Waals surface area contributed by atoms with Gasteiger partial charge >= 0.3 is 5.97 Å². The summed E-state index contributed by atoms with van der Waals surface area (Å²) in [5.41, 5.74) is 2.16. The number of nitro groups is 1. The molecule has 0 fully saturated rings. The van der Waals surface area contributed by atoms with Crippen molar-refractivity contribution in [2.45, 2.75) is 26.1 Å². The Balaban J connectivity index is 1.94. The first-order chi connectivity index (χ1) is 14.4. The number of nitrogens with one attached hydrogen (secondary N) is 2. The summed E-state index contributed by atoms with van der Waals surface area (Å²) in [4.78, 5) is 23.0. The number of ether oxygens (including phenoxy) is 1. The number of esters is 1. The van der Waals surface area contributed by atoms with Gasteiger partial charge in [-0.1, -0.05) is 42.5 Å². The van der Waals surface area contributed by atoms with Crippen LogP contribution >= 0.6 is 0 Å². The lowest BCUT2D eigenvalue weighted by molar-refractivity contribution is -0.384. The summed E-state index contributed by atoms with van der Waals surface area (Å²) in [5, 5.41) is 28.0. The minimum absolute atomic E-state index is 0.111. The van der Waals surface area contributed by atoms with Crippen LogP contribution in [0, 0.1) is 10.1 Å². The van der Waals surface area contributed by atoms with Crippen LogP contribution in [0.2, 0.25) is 0 Å². The molecule has 8 heteroatoms. The van der Waals surface area contributed by atoms with Gasteiger partial charge in [-0.15, -0.1) is 0 Å². The number of hydrogen-bond acceptors (Lipinski definition) is 7. The first kappa shape index (κ1) is 21.1. The summed E-state index contributed by atoms with van der Waals surface area (Å²) in [6, 6.07) is 14.7. The molecule has 3 rings (SSSR count). The number of hydrogen-bond donors (Lipinski definition) is 3. The van der Waals surface area contributed by atoms with Gasteiger partial charge in [-0.05, 0) is 25.5 Å². The third kappa shape index (κ3) is 4.66. The molecule has 0 radical (unpaired) electrons. The van der Waals surface area contributed by atoms with Crippen LogP contribution in [0.4, 0.5) is 5.69 Å². The molecule has 0 amide bonds. The monoisotopic (exact) mass is 409 g/mol. The van der Waals surface area contributed by atoms with Crippen molar-refractivity contribution < 1.29 is 19.6 Å². The smallest absolute Gasteiger partial charge is 0.337 e. The number of aliphatic hydroxyl groups is 1. The Hall–Kier alpha value is -3.65. The minimum atomic E-state index is -0.521. The maximum atomic E-state index is 12.6. The van der Waals surface area contributed by atoms with Crippen molar-refractivity contribution in [3.8, 4) is 0 Å². The Kier molecular flexibility index (Phi) is 6.48. The maximum Gasteiger partial charge on any atom is 0.337 e. The topological polar surface area (TPSA) is 114 Å². The van der Waals surface area contributed by atoms with Gasteiger partial charge in [-0.25, -0.2) is 4.79 Å². The Morgan fingerprint density at radius 2 is 1.97 bits per heavy atom. The molecule has 8 nitrogen and oxygen atoms in total. The fourth-order valence-electron chi connectivity index (χ4n) is 3.34. The molecule has 2 unspecified atom stereocenters. The summed E-state index contributed by atoms with van der Waals surface area (Å²) in [5.74, 6) is -0.544. The third-order valence-corrected chi connectivity index (χ3v) is 4.72. The van der Waals surface area contributed by atoms with Crippen molar-refractivity contribution in [2.75, 3.05) is 6.61 Å². The van der Waals surface area contributed by atoms with Crippen LogP contribution in [-0.4, -0.2) is 28.8 Å². The molecule has 0 spiro atoms. The van der Waals surface area contributed by atoms with E-state index in [1.54, 1.807) is 19.9 Å². The fourth-order valence-corrected chi connectivity index (χ4v) is 3.34. The molecule has 0 aromatic heterocycles. The summed E-state index contributed by atoms with van der Waals surface area (Å²) in [6.45, 7) is 3.78. The number of aliphatic hydroxyl groups excluding tert-OH is 1. The molecule has 2 atom stereocenters. The van der Waals surface area contributed by atoms with Crippen molar-refractivity contribution in [1.82, 2.24) is 10.6 Å². The lowest BCUT2D eigenvalue weighted by Gasteiger charge is -2.34. The highest BCUT2D eigenvalue weighted by Gasteiger charge is 2.32. The highest BCUT2D eigenvalue weighted by molar-refractivity contribution is 5.91. The Morgan fingerprint density at radius 3 is 2.63 bits per heavy atom. The van der Waals surface area contributed by atoms with Crippen molar-refractivity contribution >= 4 is 17.4 Å². The molecule has 0 saturated heterocycles. The van der Waals surface area contributed by atoms with Crippen LogP contribution in [0.1, 0.15) is 31.0 Å². The normalized spacial score (nSPS) is 19.2. The Labute approximate surface area is 174 Å². The Morgan fingerprint density at radius 1 is 1.23 bits per heavy atom. The number of nitrogens with zero attached hydrogens (tertiary/aromatic N) is 1. The van der Waals surface area contributed by atoms with E-state index >= 15 is 0 Å². The average molecular weight is 409 g/mol. The molecule has 0 bridgehead atoms. The van der Waals surface area contributed by atoms with E-state index in [2.05, 4.69) is 10.6 Å². The molecular weight excluding hydrogens is 386 g/mol. The van der Waals surface area contributed by atoms with Crippen LogP contribution in [0.25, 0.3) is 5.76 Å². The van der Waals surface area contributed by atoms with Crippen molar-refractivity contribution in [1.29, 1.82) is 0 Å². The first-order valence-corrected chi connectivity index (χ1v) is 9.51. The van der Waals surface area contributed by atoms with E-state index in [0.29, 0.717) is 16.8 Å². The number of non-ortho nitro benzene ring substituents is 1. The summed E-state index contributed by atoms with van der Waals surface area (Å²) in [6.07, 6.45) is 0.994. The second kappa shape index (κ2) is 9.23. The van der Waals surface area contributed by atoms with E-state index in [4.69, 9.17) is 4.74 Å². The van der Waals surface area contributed by atoms with Crippen molar-refractivity contribution in [2.24, 2.45) is 0 Å². The SMILES string of the molecule is CCOC(=O)C1=C(C)NC(/C=C(\O)c2cccc([N+](=O)[O-])c2)NC1c1ccccc1. The van der Waals surface area contributed by atoms with E-state index in [9.17, 15) is 20.0 Å². The van der Waals surface area contributed by atoms with Crippen molar-refractivity contribution in [3.05, 3.63) is 93.2 Å². The van der Waals surface area contributed by atoms with E-state index in [0.717, 1.165) is 5.56 Å². The zero-order chi connectivity index (χ0) is 21.7. The third-order valence-electron chi connectivity index (χ3n) is 4.72. The van der Waals surface area contributed by atoms with Gasteiger partial charge in [0.2, 0.25) is 0 Å². The molecule has 3 N–H and O–H groups in total. The van der Waals surface area contributed by atoms with E-state index < -0.39 is 23.1 Å². The van der Waals surface area contributed by atoms with Gasteiger partial charge in [0.15, 0.2) is 0 Å². The fraction of sp³-hybridized carbons (Fsp3) is 0.227. The number of carbonyl (C=O) groups excluding carboxylic acids is 1. The van der Waals surface area contributed by atoms with Gasteiger partial charge in [0, 0.05) is 23.4 Å². The summed E-state index contributed by atoms with van der Waals surface area (Å²) < 4.78 is 5.22. The predicted octanol–water partition coefficient (Wildman–Crippen LogP) is 3.59. The van der Waals surface area contributed by atoms with Crippen molar-refractivity contribution in [3.63, 3.8) is 0 Å². The lowest BCUT2D eigenvalue weighted by Crippen LogP contribution is -2.49. The number of nitro benzene ring substituents is 1. The lowest BCUT2D eigenvalue weighted by atomic mass is 9.94. The highest BCUT2D eigenvalue weighted by atomic mass is 16.6. The molecule has 0 aliphatic carbocycles. The molecule has 156 valence electrons. The van der Waals surface area contributed by atoms with Gasteiger partial charge in [-0.3, -0.25) is 15.4 Å². The highest BCUT2D eigenvalue weighted by Crippen LogP contribution is 2.29. The maximum absolute atomic E-state index is 12.6. The number of rotatable bonds is 6. The van der Waals surface area contributed by atoms with E-state index in [-0.39, 0.29) is 18.1 Å². The average Bonchev–Trinajstić information content (AvgIpc) is 2.74. The molecule has 0 saturated carbocycles. The number of allylic oxidation sites excluding steroid dienone is 1. The molecule has 2 aromatic carbocycles. The van der Waals surface area contributed by atoms with Crippen LogP contribution in [0.3, 0.4) is 0 Å². The molecule has 1 aliphatic heterocycles. The van der Waals surface area contributed by atoms with Crippen LogP contribution < -0.4 is 10.6 Å². The quantitative estimate of drug-likeness (QED) is 0.289. The standard InChI is InChI=1S/C22H23N3O5/c1-3-30-22(27)20-14(2)23-19(24-21(20)15-8-5-4-6-9-15)13-18(26)16-10-7-11-17(12-16)25(28)29/h4-13,19,21,23-24,26H,3H2,1-2H3/b18-13-. The first-order valence-electron chi connectivity index (χ1n) is 9.51. The molecule has 2 aromatic rings. The zero-order valence-electron chi connectivity index (χ0n) is 16.7. The van der Waals surface area contributed by atoms with E-state index in [1.165, 1.54) is 24.3 Å². The van der Waals surface area contributed by atoms with Gasteiger partial charge in [0.1, 0.15) is 11.9 Å². The Bertz CT molecular complexity index is 1000. The van der Waals surface area contributed by atoms with E-state index in [1.807, 2.05) is 30.3 Å². The van der Waals surface area contributed by atoms with Gasteiger partial charge in [0.25, 0.3) is 5.69 Å². The van der Waals surface area contributed by atoms with Crippen LogP contribution in [0.5, 0.6) is 0 Å².